The monoisotopic (exact) mass is 369 g/mol. The minimum atomic E-state index is -3.60. The summed E-state index contributed by atoms with van der Waals surface area (Å²) < 4.78 is 33.2. The van der Waals surface area contributed by atoms with Gasteiger partial charge in [-0.3, -0.25) is 4.79 Å². The molecule has 1 aromatic rings. The number of rotatable bonds is 8. The van der Waals surface area contributed by atoms with Gasteiger partial charge in [-0.05, 0) is 62.3 Å². The molecule has 6 nitrogen and oxygen atoms in total. The minimum Gasteiger partial charge on any atom is -0.494 e. The number of carboxylic acids is 1. The molecule has 1 aromatic carbocycles. The Morgan fingerprint density at radius 2 is 1.80 bits per heavy atom. The van der Waals surface area contributed by atoms with Gasteiger partial charge in [-0.25, -0.2) is 13.1 Å². The van der Waals surface area contributed by atoms with E-state index in [0.29, 0.717) is 44.0 Å². The molecule has 1 aliphatic carbocycles. The van der Waals surface area contributed by atoms with Gasteiger partial charge < -0.3 is 9.84 Å². The lowest BCUT2D eigenvalue weighted by Crippen LogP contribution is -2.38. The third-order valence-electron chi connectivity index (χ3n) is 4.50. The first-order valence-electron chi connectivity index (χ1n) is 8.76. The van der Waals surface area contributed by atoms with Crippen LogP contribution >= 0.6 is 0 Å². The predicted octanol–water partition coefficient (Wildman–Crippen LogP) is 3.03. The Hall–Kier alpha value is -1.60. The van der Waals surface area contributed by atoms with Crippen molar-refractivity contribution < 1.29 is 23.1 Å². The second-order valence-corrected chi connectivity index (χ2v) is 8.72. The molecule has 0 aromatic heterocycles. The summed E-state index contributed by atoms with van der Waals surface area (Å²) in [4.78, 5) is 11.2. The van der Waals surface area contributed by atoms with E-state index in [4.69, 9.17) is 9.84 Å². The fraction of sp³-hybridized carbons (Fsp3) is 0.611. The Balaban J connectivity index is 1.90. The quantitative estimate of drug-likeness (QED) is 0.735. The maximum absolute atomic E-state index is 12.5. The van der Waals surface area contributed by atoms with E-state index < -0.39 is 16.0 Å². The fourth-order valence-electron chi connectivity index (χ4n) is 2.87. The van der Waals surface area contributed by atoms with E-state index in [-0.39, 0.29) is 16.9 Å². The molecule has 0 heterocycles. The van der Waals surface area contributed by atoms with Crippen LogP contribution in [0.15, 0.2) is 29.2 Å². The van der Waals surface area contributed by atoms with E-state index >= 15 is 0 Å². The number of hydrogen-bond donors (Lipinski definition) is 2. The molecule has 0 atom stereocenters. The van der Waals surface area contributed by atoms with Crippen molar-refractivity contribution in [3.63, 3.8) is 0 Å². The summed E-state index contributed by atoms with van der Waals surface area (Å²) >= 11 is 0. The highest BCUT2D eigenvalue weighted by atomic mass is 32.2. The first kappa shape index (κ1) is 19.7. The van der Waals surface area contributed by atoms with Crippen LogP contribution in [0.5, 0.6) is 5.75 Å². The zero-order chi connectivity index (χ0) is 18.4. The van der Waals surface area contributed by atoms with Crippen molar-refractivity contribution in [3.8, 4) is 5.75 Å². The van der Waals surface area contributed by atoms with Crippen molar-refractivity contribution in [1.29, 1.82) is 0 Å². The molecular weight excluding hydrogens is 342 g/mol. The number of benzene rings is 1. The largest absolute Gasteiger partial charge is 0.494 e. The van der Waals surface area contributed by atoms with Crippen LogP contribution in [0.2, 0.25) is 0 Å². The third-order valence-corrected chi connectivity index (χ3v) is 6.03. The minimum absolute atomic E-state index is 0.198. The lowest BCUT2D eigenvalue weighted by atomic mass is 9.87. The van der Waals surface area contributed by atoms with Gasteiger partial charge in [0.25, 0.3) is 0 Å². The molecule has 140 valence electrons. The van der Waals surface area contributed by atoms with Crippen molar-refractivity contribution in [2.24, 2.45) is 11.8 Å². The Morgan fingerprint density at radius 1 is 1.20 bits per heavy atom. The van der Waals surface area contributed by atoms with E-state index in [9.17, 15) is 13.2 Å². The fourth-order valence-corrected chi connectivity index (χ4v) is 4.18. The summed E-state index contributed by atoms with van der Waals surface area (Å²) in [7, 11) is -3.60. The van der Waals surface area contributed by atoms with E-state index in [2.05, 4.69) is 18.6 Å². The molecule has 0 aliphatic heterocycles. The highest BCUT2D eigenvalue weighted by Gasteiger charge is 2.28. The highest BCUT2D eigenvalue weighted by molar-refractivity contribution is 7.89. The number of sulfonamides is 1. The van der Waals surface area contributed by atoms with Crippen molar-refractivity contribution in [3.05, 3.63) is 24.3 Å². The van der Waals surface area contributed by atoms with E-state index in [1.165, 1.54) is 12.1 Å². The van der Waals surface area contributed by atoms with Gasteiger partial charge in [0.1, 0.15) is 5.75 Å². The van der Waals surface area contributed by atoms with Crippen LogP contribution in [0.25, 0.3) is 0 Å². The Morgan fingerprint density at radius 3 is 2.32 bits per heavy atom. The zero-order valence-electron chi connectivity index (χ0n) is 14.8. The summed E-state index contributed by atoms with van der Waals surface area (Å²) in [6.07, 6.45) is 3.05. The van der Waals surface area contributed by atoms with Gasteiger partial charge in [0.05, 0.1) is 17.4 Å². The highest BCUT2D eigenvalue weighted by Crippen LogP contribution is 2.26. The molecule has 2 rings (SSSR count). The van der Waals surface area contributed by atoms with Gasteiger partial charge in [-0.2, -0.15) is 0 Å². The molecule has 0 saturated heterocycles. The summed E-state index contributed by atoms with van der Waals surface area (Å²) in [5.74, 6) is 0.0547. The smallest absolute Gasteiger partial charge is 0.306 e. The Bertz CT molecular complexity index is 661. The van der Waals surface area contributed by atoms with Crippen LogP contribution in [-0.4, -0.2) is 32.1 Å². The van der Waals surface area contributed by atoms with Gasteiger partial charge >= 0.3 is 5.97 Å². The summed E-state index contributed by atoms with van der Waals surface area (Å²) in [5, 5.41) is 9.00. The van der Waals surface area contributed by atoms with E-state index in [0.717, 1.165) is 6.42 Å². The second-order valence-electron chi connectivity index (χ2n) is 7.01. The molecule has 0 radical (unpaired) electrons. The van der Waals surface area contributed by atoms with Crippen LogP contribution in [0.1, 0.15) is 46.0 Å². The third kappa shape index (κ3) is 6.01. The summed E-state index contributed by atoms with van der Waals surface area (Å²) in [6, 6.07) is 6.20. The first-order chi connectivity index (χ1) is 11.8. The Kier molecular flexibility index (Phi) is 6.84. The van der Waals surface area contributed by atoms with E-state index in [1.54, 1.807) is 12.1 Å². The van der Waals surface area contributed by atoms with Crippen molar-refractivity contribution in [1.82, 2.24) is 4.72 Å². The van der Waals surface area contributed by atoms with E-state index in [1.807, 2.05) is 0 Å². The van der Waals surface area contributed by atoms with Gasteiger partial charge in [-0.15, -0.1) is 0 Å². The molecule has 1 fully saturated rings. The molecule has 25 heavy (non-hydrogen) atoms. The number of ether oxygens (including phenoxy) is 1. The maximum Gasteiger partial charge on any atom is 0.306 e. The lowest BCUT2D eigenvalue weighted by molar-refractivity contribution is -0.142. The molecule has 1 aliphatic rings. The maximum atomic E-state index is 12.5. The van der Waals surface area contributed by atoms with Gasteiger partial charge in [0.15, 0.2) is 0 Å². The average molecular weight is 369 g/mol. The number of hydrogen-bond acceptors (Lipinski definition) is 4. The molecule has 0 amide bonds. The molecule has 0 unspecified atom stereocenters. The topological polar surface area (TPSA) is 92.7 Å². The molecular formula is C18H27NO5S. The number of nitrogens with one attached hydrogen (secondary N) is 1. The second kappa shape index (κ2) is 8.67. The van der Waals surface area contributed by atoms with Crippen molar-refractivity contribution >= 4 is 16.0 Å². The SMILES string of the molecule is CC(C)CCOc1ccc(S(=O)(=O)NC2CCC(C(=O)O)CC2)cc1. The molecule has 1 saturated carbocycles. The first-order valence-corrected chi connectivity index (χ1v) is 10.2. The van der Waals surface area contributed by atoms with Crippen LogP contribution in [0, 0.1) is 11.8 Å². The van der Waals surface area contributed by atoms with Gasteiger partial charge in [0, 0.05) is 6.04 Å². The van der Waals surface area contributed by atoms with Gasteiger partial charge in [-0.1, -0.05) is 13.8 Å². The van der Waals surface area contributed by atoms with Crippen molar-refractivity contribution in [2.75, 3.05) is 6.61 Å². The molecule has 0 bridgehead atoms. The van der Waals surface area contributed by atoms with Crippen LogP contribution in [0.4, 0.5) is 0 Å². The van der Waals surface area contributed by atoms with Crippen molar-refractivity contribution in [2.45, 2.75) is 56.9 Å². The van der Waals surface area contributed by atoms with Crippen LogP contribution in [0.3, 0.4) is 0 Å². The summed E-state index contributed by atoms with van der Waals surface area (Å²) in [5.41, 5.74) is 0. The normalized spacial score (nSPS) is 21.2. The number of aliphatic carboxylic acids is 1. The van der Waals surface area contributed by atoms with Crippen LogP contribution < -0.4 is 9.46 Å². The molecule has 2 N–H and O–H groups in total. The standard InChI is InChI=1S/C18H27NO5S/c1-13(2)11-12-24-16-7-9-17(10-8-16)25(22,23)19-15-5-3-14(4-6-15)18(20)21/h7-10,13-15,19H,3-6,11-12H2,1-2H3,(H,20,21). The van der Waals surface area contributed by atoms with Gasteiger partial charge in [0.2, 0.25) is 10.0 Å². The van der Waals surface area contributed by atoms with Crippen LogP contribution in [-0.2, 0) is 14.8 Å². The average Bonchev–Trinajstić information content (AvgIpc) is 2.55. The number of carboxylic acid groups (broad SMARTS) is 1. The molecule has 0 spiro atoms. The predicted molar refractivity (Wildman–Crippen MR) is 95.1 cm³/mol. The lowest BCUT2D eigenvalue weighted by Gasteiger charge is -2.26. The number of carbonyl (C=O) groups is 1. The molecule has 7 heteroatoms. The summed E-state index contributed by atoms with van der Waals surface area (Å²) in [6.45, 7) is 4.85. The Labute approximate surface area is 149 Å². The zero-order valence-corrected chi connectivity index (χ0v) is 15.6.